The first-order valence-electron chi connectivity index (χ1n) is 10.2. The highest BCUT2D eigenvalue weighted by molar-refractivity contribution is 5.90. The molecule has 2 saturated heterocycles. The van der Waals surface area contributed by atoms with E-state index in [4.69, 9.17) is 0 Å². The minimum absolute atomic E-state index is 0.0210. The zero-order valence-corrected chi connectivity index (χ0v) is 17.4. The summed E-state index contributed by atoms with van der Waals surface area (Å²) in [4.78, 5) is 31.7. The highest BCUT2D eigenvalue weighted by Crippen LogP contribution is 2.38. The fraction of sp³-hybridized carbons (Fsp3) is 0.500. The molecule has 7 heteroatoms. The molecule has 0 N–H and O–H groups in total. The van der Waals surface area contributed by atoms with Gasteiger partial charge in [-0.3, -0.25) is 19.2 Å². The van der Waals surface area contributed by atoms with E-state index >= 15 is 0 Å². The molecule has 1 aromatic carbocycles. The van der Waals surface area contributed by atoms with Crippen LogP contribution in [0.4, 0.5) is 0 Å². The number of benzene rings is 1. The van der Waals surface area contributed by atoms with Crippen molar-refractivity contribution in [1.82, 2.24) is 24.5 Å². The fourth-order valence-electron chi connectivity index (χ4n) is 4.60. The predicted octanol–water partition coefficient (Wildman–Crippen LogP) is 1.59. The second-order valence-corrected chi connectivity index (χ2v) is 8.23. The molecule has 2 aliphatic heterocycles. The molecule has 2 amide bonds. The zero-order valence-electron chi connectivity index (χ0n) is 17.4. The number of carbonyl (C=O) groups is 2. The third-order valence-corrected chi connectivity index (χ3v) is 6.24. The van der Waals surface area contributed by atoms with Crippen molar-refractivity contribution in [3.8, 4) is 0 Å². The molecule has 2 aromatic rings. The van der Waals surface area contributed by atoms with E-state index < -0.39 is 0 Å². The van der Waals surface area contributed by atoms with Gasteiger partial charge in [-0.25, -0.2) is 0 Å². The molecule has 0 aliphatic carbocycles. The van der Waals surface area contributed by atoms with Crippen LogP contribution in [0.1, 0.15) is 29.3 Å². The van der Waals surface area contributed by atoms with E-state index in [1.165, 1.54) is 11.1 Å². The number of hydrogen-bond acceptors (Lipinski definition) is 4. The van der Waals surface area contributed by atoms with Gasteiger partial charge in [0.1, 0.15) is 0 Å². The first-order chi connectivity index (χ1) is 13.9. The third kappa shape index (κ3) is 3.92. The summed E-state index contributed by atoms with van der Waals surface area (Å²) < 4.78 is 1.76. The van der Waals surface area contributed by atoms with Crippen LogP contribution in [0.25, 0.3) is 0 Å². The Morgan fingerprint density at radius 3 is 2.55 bits per heavy atom. The van der Waals surface area contributed by atoms with Crippen LogP contribution in [0.5, 0.6) is 0 Å². The topological polar surface area (TPSA) is 61.7 Å². The molecule has 7 nitrogen and oxygen atoms in total. The Morgan fingerprint density at radius 1 is 1.14 bits per heavy atom. The molecule has 3 heterocycles. The van der Waals surface area contributed by atoms with Gasteiger partial charge in [0.25, 0.3) is 0 Å². The van der Waals surface area contributed by atoms with Crippen LogP contribution in [-0.2, 0) is 23.2 Å². The maximum atomic E-state index is 13.3. The normalized spacial score (nSPS) is 23.1. The van der Waals surface area contributed by atoms with Crippen molar-refractivity contribution >= 4 is 11.8 Å². The van der Waals surface area contributed by atoms with E-state index in [1.54, 1.807) is 22.8 Å². The monoisotopic (exact) mass is 395 g/mol. The van der Waals surface area contributed by atoms with Crippen molar-refractivity contribution in [1.29, 1.82) is 0 Å². The van der Waals surface area contributed by atoms with E-state index in [-0.39, 0.29) is 30.2 Å². The number of aromatic nitrogens is 2. The fourth-order valence-corrected chi connectivity index (χ4v) is 4.60. The van der Waals surface area contributed by atoms with Crippen LogP contribution < -0.4 is 0 Å². The molecule has 0 bridgehead atoms. The first kappa shape index (κ1) is 19.6. The molecule has 4 rings (SSSR count). The molecule has 1 aromatic heterocycles. The molecule has 2 atom stereocenters. The van der Waals surface area contributed by atoms with Crippen molar-refractivity contribution in [3.63, 3.8) is 0 Å². The van der Waals surface area contributed by atoms with Crippen LogP contribution in [0.3, 0.4) is 0 Å². The molecule has 154 valence electrons. The Kier molecular flexibility index (Phi) is 5.41. The lowest BCUT2D eigenvalue weighted by Gasteiger charge is -2.37. The molecule has 0 spiro atoms. The Hall–Kier alpha value is -2.67. The molecule has 2 aliphatic rings. The van der Waals surface area contributed by atoms with Gasteiger partial charge in [0.2, 0.25) is 11.8 Å². The summed E-state index contributed by atoms with van der Waals surface area (Å²) in [6, 6.07) is 10.2. The largest absolute Gasteiger partial charge is 0.340 e. The minimum atomic E-state index is -0.341. The Balaban J connectivity index is 1.41. The number of amides is 2. The summed E-state index contributed by atoms with van der Waals surface area (Å²) in [6.07, 6.45) is 1.99. The molecular formula is C22H29N5O2. The molecule has 2 unspecified atom stereocenters. The van der Waals surface area contributed by atoms with E-state index in [0.717, 1.165) is 25.3 Å². The first-order valence-corrected chi connectivity index (χ1v) is 10.2. The van der Waals surface area contributed by atoms with Gasteiger partial charge in [-0.1, -0.05) is 29.8 Å². The van der Waals surface area contributed by atoms with Gasteiger partial charge < -0.3 is 9.80 Å². The molecule has 0 saturated carbocycles. The van der Waals surface area contributed by atoms with Crippen molar-refractivity contribution in [2.24, 2.45) is 13.0 Å². The predicted molar refractivity (Wildman–Crippen MR) is 110 cm³/mol. The lowest BCUT2D eigenvalue weighted by molar-refractivity contribution is -0.138. The summed E-state index contributed by atoms with van der Waals surface area (Å²) in [5, 5.41) is 4.23. The summed E-state index contributed by atoms with van der Waals surface area (Å²) in [6.45, 7) is 6.14. The zero-order chi connectivity index (χ0) is 20.5. The van der Waals surface area contributed by atoms with Crippen LogP contribution >= 0.6 is 0 Å². The van der Waals surface area contributed by atoms with Crippen molar-refractivity contribution < 1.29 is 9.59 Å². The Morgan fingerprint density at radius 2 is 1.90 bits per heavy atom. The summed E-state index contributed by atoms with van der Waals surface area (Å²) in [7, 11) is 3.64. The van der Waals surface area contributed by atoms with Crippen molar-refractivity contribution in [2.75, 3.05) is 33.2 Å². The second kappa shape index (κ2) is 7.99. The highest BCUT2D eigenvalue weighted by atomic mass is 16.2. The number of piperazine rings is 1. The average Bonchev–Trinajstić information content (AvgIpc) is 3.24. The van der Waals surface area contributed by atoms with E-state index in [0.29, 0.717) is 13.1 Å². The van der Waals surface area contributed by atoms with Gasteiger partial charge >= 0.3 is 0 Å². The molecule has 2 fully saturated rings. The lowest BCUT2D eigenvalue weighted by Crippen LogP contribution is -2.50. The van der Waals surface area contributed by atoms with Crippen LogP contribution in [-0.4, -0.2) is 69.5 Å². The lowest BCUT2D eigenvalue weighted by atomic mass is 9.95. The Labute approximate surface area is 171 Å². The smallest absolute Gasteiger partial charge is 0.228 e. The Bertz CT molecular complexity index is 900. The SMILES string of the molecule is Cc1cccc(CN2CCN(C(=O)C3CC(=O)N(C)C3c3ccnn3C)CC2)c1. The summed E-state index contributed by atoms with van der Waals surface area (Å²) in [5.74, 6) is -0.233. The molecule has 0 radical (unpaired) electrons. The maximum Gasteiger partial charge on any atom is 0.228 e. The van der Waals surface area contributed by atoms with Gasteiger partial charge in [0.15, 0.2) is 0 Å². The average molecular weight is 396 g/mol. The van der Waals surface area contributed by atoms with E-state index in [2.05, 4.69) is 41.2 Å². The van der Waals surface area contributed by atoms with Crippen LogP contribution in [0.2, 0.25) is 0 Å². The molecular weight excluding hydrogens is 366 g/mol. The summed E-state index contributed by atoms with van der Waals surface area (Å²) >= 11 is 0. The number of aryl methyl sites for hydroxylation is 2. The number of likely N-dealkylation sites (tertiary alicyclic amines) is 1. The van der Waals surface area contributed by atoms with Crippen molar-refractivity contribution in [2.45, 2.75) is 25.9 Å². The number of nitrogens with zero attached hydrogens (tertiary/aromatic N) is 5. The van der Waals surface area contributed by atoms with Gasteiger partial charge in [-0.15, -0.1) is 0 Å². The van der Waals surface area contributed by atoms with E-state index in [9.17, 15) is 9.59 Å². The number of rotatable bonds is 4. The number of carbonyl (C=O) groups excluding carboxylic acids is 2. The number of hydrogen-bond donors (Lipinski definition) is 0. The van der Waals surface area contributed by atoms with Gasteiger partial charge in [0, 0.05) is 59.4 Å². The molecule has 29 heavy (non-hydrogen) atoms. The van der Waals surface area contributed by atoms with Gasteiger partial charge in [-0.2, -0.15) is 5.10 Å². The minimum Gasteiger partial charge on any atom is -0.340 e. The maximum absolute atomic E-state index is 13.3. The van der Waals surface area contributed by atoms with Gasteiger partial charge in [0.05, 0.1) is 17.7 Å². The quantitative estimate of drug-likeness (QED) is 0.789. The standard InChI is InChI=1S/C22H29N5O2/c1-16-5-4-6-17(13-16)15-26-9-11-27(12-10-26)22(29)18-14-20(28)24(2)21(18)19-7-8-23-25(19)3/h4-8,13,18,21H,9-12,14-15H2,1-3H3. The summed E-state index contributed by atoms with van der Waals surface area (Å²) in [5.41, 5.74) is 3.49. The van der Waals surface area contributed by atoms with Crippen molar-refractivity contribution in [3.05, 3.63) is 53.3 Å². The second-order valence-electron chi connectivity index (χ2n) is 8.23. The van der Waals surface area contributed by atoms with Crippen LogP contribution in [0, 0.1) is 12.8 Å². The van der Waals surface area contributed by atoms with E-state index in [1.807, 2.05) is 18.0 Å². The highest BCUT2D eigenvalue weighted by Gasteiger charge is 2.45. The van der Waals surface area contributed by atoms with Crippen LogP contribution in [0.15, 0.2) is 36.5 Å². The third-order valence-electron chi connectivity index (χ3n) is 6.24. The van der Waals surface area contributed by atoms with Gasteiger partial charge in [-0.05, 0) is 18.6 Å².